The zero-order chi connectivity index (χ0) is 82.2. The van der Waals surface area contributed by atoms with Crippen molar-refractivity contribution in [2.24, 2.45) is 0 Å². The van der Waals surface area contributed by atoms with Crippen molar-refractivity contribution in [1.29, 1.82) is 0 Å². The Morgan fingerprint density at radius 3 is 0.717 bits per heavy atom. The average molecular weight is 1630 g/mol. The SMILES string of the molecule is CCCCC/C=C\C/C=C\C/C=C\C/C=C\CCCCCCCCCCCCCCCCCCCC(=O)OCC(O)COP(=O)(O)OCC(O)COP(=O)(O)OCC(COC(=O)CCCCCCCCCCCCCCC/C=C\C/C=C\C/C=C\C/C=C\CCCCC)OC(=O)CCCCCCCCCCCCCCCCC. The Bertz CT molecular complexity index is 2440. The topological polar surface area (TPSA) is 231 Å². The molecule has 0 heterocycles. The van der Waals surface area contributed by atoms with Gasteiger partial charge in [0.1, 0.15) is 25.4 Å². The normalized spacial score (nSPS) is 14.2. The van der Waals surface area contributed by atoms with Crippen molar-refractivity contribution in [3.63, 3.8) is 0 Å². The summed E-state index contributed by atoms with van der Waals surface area (Å²) >= 11 is 0. The van der Waals surface area contributed by atoms with Gasteiger partial charge in [0.25, 0.3) is 0 Å². The number of rotatable bonds is 89. The van der Waals surface area contributed by atoms with Crippen molar-refractivity contribution in [2.75, 3.05) is 39.6 Å². The Hall–Kier alpha value is -3.53. The van der Waals surface area contributed by atoms with Gasteiger partial charge in [-0.25, -0.2) is 9.13 Å². The lowest BCUT2D eigenvalue weighted by Gasteiger charge is -2.21. The molecule has 0 spiro atoms. The summed E-state index contributed by atoms with van der Waals surface area (Å²) in [6.07, 6.45) is 105. The zero-order valence-corrected chi connectivity index (χ0v) is 74.3. The van der Waals surface area contributed by atoms with Crippen LogP contribution in [0, 0.1) is 0 Å². The molecular formula is C95H172O16P2. The number of allylic oxidation sites excluding steroid dienone is 16. The molecule has 0 amide bonds. The number of carbonyl (C=O) groups excluding carboxylic acids is 3. The van der Waals surface area contributed by atoms with E-state index in [1.807, 2.05) is 0 Å². The van der Waals surface area contributed by atoms with Crippen LogP contribution in [0.5, 0.6) is 0 Å². The molecule has 0 radical (unpaired) electrons. The van der Waals surface area contributed by atoms with E-state index < -0.39 is 91.5 Å². The molecule has 0 aromatic heterocycles. The van der Waals surface area contributed by atoms with E-state index in [9.17, 15) is 43.5 Å². The summed E-state index contributed by atoms with van der Waals surface area (Å²) in [5.74, 6) is -1.55. The minimum Gasteiger partial charge on any atom is -0.463 e. The second-order valence-corrected chi connectivity index (χ2v) is 34.4. The molecule has 658 valence electrons. The van der Waals surface area contributed by atoms with Crippen molar-refractivity contribution >= 4 is 33.6 Å². The van der Waals surface area contributed by atoms with Gasteiger partial charge >= 0.3 is 33.6 Å². The third-order valence-corrected chi connectivity index (χ3v) is 22.2. The van der Waals surface area contributed by atoms with Crippen LogP contribution in [0.4, 0.5) is 0 Å². The predicted octanol–water partition coefficient (Wildman–Crippen LogP) is 28.4. The van der Waals surface area contributed by atoms with Gasteiger partial charge in [0, 0.05) is 19.3 Å². The highest BCUT2D eigenvalue weighted by molar-refractivity contribution is 7.47. The van der Waals surface area contributed by atoms with Gasteiger partial charge in [0.15, 0.2) is 6.10 Å². The maximum Gasteiger partial charge on any atom is 0.472 e. The number of phosphoric ester groups is 2. The van der Waals surface area contributed by atoms with Gasteiger partial charge in [-0.1, -0.05) is 401 Å². The van der Waals surface area contributed by atoms with Crippen molar-refractivity contribution in [1.82, 2.24) is 0 Å². The Kier molecular flexibility index (Phi) is 85.0. The van der Waals surface area contributed by atoms with Crippen molar-refractivity contribution < 1.29 is 75.8 Å². The molecule has 16 nitrogen and oxygen atoms in total. The second kappa shape index (κ2) is 87.8. The molecule has 0 aliphatic carbocycles. The highest BCUT2D eigenvalue weighted by Crippen LogP contribution is 2.45. The zero-order valence-electron chi connectivity index (χ0n) is 72.5. The first-order valence-electron chi connectivity index (χ1n) is 46.5. The molecule has 0 bridgehead atoms. The van der Waals surface area contributed by atoms with Crippen LogP contribution in [0.2, 0.25) is 0 Å². The molecule has 0 saturated heterocycles. The van der Waals surface area contributed by atoms with Gasteiger partial charge in [-0.05, 0) is 109 Å². The quantitative estimate of drug-likeness (QED) is 0.0146. The molecule has 5 unspecified atom stereocenters. The monoisotopic (exact) mass is 1630 g/mol. The molecule has 0 aliphatic rings. The van der Waals surface area contributed by atoms with E-state index in [-0.39, 0.29) is 19.3 Å². The van der Waals surface area contributed by atoms with E-state index in [1.165, 1.54) is 263 Å². The van der Waals surface area contributed by atoms with Crippen LogP contribution >= 0.6 is 15.6 Å². The summed E-state index contributed by atoms with van der Waals surface area (Å²) in [6.45, 7) is 2.72. The highest BCUT2D eigenvalue weighted by Gasteiger charge is 2.30. The standard InChI is InChI=1S/C95H172O16P2/c1-4-7-10-13-16-19-22-25-28-30-32-34-36-38-40-42-43-44-45-47-49-50-52-54-56-58-61-63-66-69-72-75-78-81-93(98)105-84-90(96)85-107-112(101,102)108-86-91(97)87-109-113(103,104)110-89-92(111-95(100)83-80-77-74-71-68-65-60-27-24-21-18-15-12-9-6-3)88-106-94(99)82-79-76-73-70-67-64-62-59-57-55-53-51-48-46-41-39-37-35-33-31-29-26-23-20-17-14-11-8-5-2/h16-17,19-20,25-26,28-29,32-35,38-41,90-92,96-97H,4-15,18,21-24,27,30-31,36-37,42-89H2,1-3H3,(H,101,102)(H,103,104)/b19-16-,20-17-,28-25-,29-26-,34-32-,35-33-,40-38-,41-39-. The molecule has 0 aromatic carbocycles. The lowest BCUT2D eigenvalue weighted by atomic mass is 10.0. The summed E-state index contributed by atoms with van der Waals surface area (Å²) in [5, 5.41) is 20.7. The first-order valence-corrected chi connectivity index (χ1v) is 49.5. The Morgan fingerprint density at radius 2 is 0.442 bits per heavy atom. The molecule has 18 heteroatoms. The summed E-state index contributed by atoms with van der Waals surface area (Å²) < 4.78 is 61.4. The molecule has 0 fully saturated rings. The maximum absolute atomic E-state index is 13.0. The van der Waals surface area contributed by atoms with Crippen molar-refractivity contribution in [3.05, 3.63) is 97.2 Å². The van der Waals surface area contributed by atoms with E-state index in [4.69, 9.17) is 32.3 Å². The fourth-order valence-corrected chi connectivity index (χ4v) is 14.8. The molecule has 0 saturated carbocycles. The largest absolute Gasteiger partial charge is 0.472 e. The Labute approximate surface area is 692 Å². The summed E-state index contributed by atoms with van der Waals surface area (Å²) in [5.41, 5.74) is 0. The lowest BCUT2D eigenvalue weighted by molar-refractivity contribution is -0.161. The van der Waals surface area contributed by atoms with Crippen molar-refractivity contribution in [3.8, 4) is 0 Å². The summed E-state index contributed by atoms with van der Waals surface area (Å²) in [4.78, 5) is 58.9. The highest BCUT2D eigenvalue weighted by atomic mass is 31.2. The van der Waals surface area contributed by atoms with Gasteiger partial charge < -0.3 is 34.2 Å². The van der Waals surface area contributed by atoms with Gasteiger partial charge in [-0.3, -0.25) is 32.5 Å². The smallest absolute Gasteiger partial charge is 0.463 e. The molecule has 5 atom stereocenters. The van der Waals surface area contributed by atoms with Crippen LogP contribution in [0.1, 0.15) is 432 Å². The van der Waals surface area contributed by atoms with E-state index in [1.54, 1.807) is 0 Å². The number of hydrogen-bond acceptors (Lipinski definition) is 14. The molecular weight excluding hydrogens is 1460 g/mol. The van der Waals surface area contributed by atoms with Gasteiger partial charge in [0.2, 0.25) is 0 Å². The van der Waals surface area contributed by atoms with Gasteiger partial charge in [-0.15, -0.1) is 0 Å². The number of carbonyl (C=O) groups is 3. The van der Waals surface area contributed by atoms with Gasteiger partial charge in [0.05, 0.1) is 26.4 Å². The molecule has 0 rings (SSSR count). The number of esters is 3. The van der Waals surface area contributed by atoms with Crippen LogP contribution in [0.3, 0.4) is 0 Å². The molecule has 113 heavy (non-hydrogen) atoms. The van der Waals surface area contributed by atoms with Crippen LogP contribution in [0.25, 0.3) is 0 Å². The molecule has 0 aliphatic heterocycles. The predicted molar refractivity (Wildman–Crippen MR) is 473 cm³/mol. The second-order valence-electron chi connectivity index (χ2n) is 31.5. The third-order valence-electron chi connectivity index (χ3n) is 20.3. The van der Waals surface area contributed by atoms with Crippen LogP contribution in [-0.4, -0.2) is 95.9 Å². The van der Waals surface area contributed by atoms with E-state index >= 15 is 0 Å². The molecule has 0 aromatic rings. The number of aliphatic hydroxyl groups excluding tert-OH is 2. The number of aliphatic hydroxyl groups is 2. The van der Waals surface area contributed by atoms with E-state index in [0.29, 0.717) is 19.3 Å². The van der Waals surface area contributed by atoms with Gasteiger partial charge in [-0.2, -0.15) is 0 Å². The van der Waals surface area contributed by atoms with E-state index in [0.717, 1.165) is 109 Å². The third kappa shape index (κ3) is 89.1. The average Bonchev–Trinajstić information content (AvgIpc) is 0.903. The lowest BCUT2D eigenvalue weighted by Crippen LogP contribution is -2.30. The first kappa shape index (κ1) is 109. The van der Waals surface area contributed by atoms with Crippen LogP contribution in [0.15, 0.2) is 97.2 Å². The minimum absolute atomic E-state index is 0.110. The number of phosphoric acid groups is 2. The fourth-order valence-electron chi connectivity index (χ4n) is 13.2. The molecule has 4 N–H and O–H groups in total. The number of hydrogen-bond donors (Lipinski definition) is 4. The Morgan fingerprint density at radius 1 is 0.248 bits per heavy atom. The number of unbranched alkanes of at least 4 members (excludes halogenated alkanes) is 50. The van der Waals surface area contributed by atoms with Crippen LogP contribution < -0.4 is 0 Å². The maximum atomic E-state index is 13.0. The minimum atomic E-state index is -4.93. The van der Waals surface area contributed by atoms with Crippen molar-refractivity contribution in [2.45, 2.75) is 450 Å². The number of ether oxygens (including phenoxy) is 3. The summed E-state index contributed by atoms with van der Waals surface area (Å²) in [7, 11) is -9.79. The Balaban J connectivity index is 4.43. The summed E-state index contributed by atoms with van der Waals surface area (Å²) in [6, 6.07) is 0. The van der Waals surface area contributed by atoms with Crippen LogP contribution in [-0.2, 0) is 55.8 Å². The fraction of sp³-hybridized carbons (Fsp3) is 0.800. The first-order chi connectivity index (χ1) is 55.2. The van der Waals surface area contributed by atoms with E-state index in [2.05, 4.69) is 118 Å².